The summed E-state index contributed by atoms with van der Waals surface area (Å²) in [6.07, 6.45) is 4.42. The Hall–Kier alpha value is -1.55. The molecule has 3 rings (SSSR count). The van der Waals surface area contributed by atoms with E-state index in [4.69, 9.17) is 0 Å². The van der Waals surface area contributed by atoms with Crippen molar-refractivity contribution >= 4 is 11.6 Å². The van der Waals surface area contributed by atoms with E-state index in [1.54, 1.807) is 0 Å². The summed E-state index contributed by atoms with van der Waals surface area (Å²) < 4.78 is 0. The van der Waals surface area contributed by atoms with Crippen molar-refractivity contribution in [2.24, 2.45) is 0 Å². The maximum atomic E-state index is 12.7. The van der Waals surface area contributed by atoms with Crippen molar-refractivity contribution in [2.75, 3.05) is 38.5 Å². The number of nitrogens with zero attached hydrogens (tertiary/aromatic N) is 2. The lowest BCUT2D eigenvalue weighted by molar-refractivity contribution is 0.0642. The van der Waals surface area contributed by atoms with Gasteiger partial charge in [-0.1, -0.05) is 6.92 Å². The number of hydrogen-bond acceptors (Lipinski definition) is 3. The van der Waals surface area contributed by atoms with Crippen molar-refractivity contribution < 1.29 is 4.79 Å². The molecule has 1 amide bonds. The van der Waals surface area contributed by atoms with E-state index in [0.717, 1.165) is 44.5 Å². The number of fused-ring (bicyclic) bond motifs is 1. The summed E-state index contributed by atoms with van der Waals surface area (Å²) in [6, 6.07) is 6.46. The van der Waals surface area contributed by atoms with Crippen LogP contribution in [-0.2, 0) is 6.42 Å². The fourth-order valence-electron chi connectivity index (χ4n) is 3.65. The molecule has 0 atom stereocenters. The first-order valence-electron chi connectivity index (χ1n) is 8.55. The Morgan fingerprint density at radius 1 is 1.36 bits per heavy atom. The fourth-order valence-corrected chi connectivity index (χ4v) is 3.65. The monoisotopic (exact) mass is 301 g/mol. The molecule has 0 aliphatic carbocycles. The Morgan fingerprint density at radius 2 is 2.14 bits per heavy atom. The van der Waals surface area contributed by atoms with Crippen LogP contribution < -0.4 is 5.32 Å². The number of likely N-dealkylation sites (tertiary alicyclic amines) is 1. The van der Waals surface area contributed by atoms with Crippen molar-refractivity contribution in [1.29, 1.82) is 0 Å². The van der Waals surface area contributed by atoms with Gasteiger partial charge in [-0.25, -0.2) is 0 Å². The van der Waals surface area contributed by atoms with Crippen LogP contribution in [-0.4, -0.2) is 55.0 Å². The topological polar surface area (TPSA) is 35.6 Å². The number of anilines is 1. The number of benzene rings is 1. The molecular weight excluding hydrogens is 274 g/mol. The summed E-state index contributed by atoms with van der Waals surface area (Å²) in [6.45, 7) is 6.62. The minimum atomic E-state index is 0.170. The zero-order valence-electron chi connectivity index (χ0n) is 13.8. The van der Waals surface area contributed by atoms with Gasteiger partial charge in [0.15, 0.2) is 0 Å². The molecule has 0 bridgehead atoms. The van der Waals surface area contributed by atoms with E-state index in [1.807, 2.05) is 24.1 Å². The minimum Gasteiger partial charge on any atom is -0.384 e. The van der Waals surface area contributed by atoms with Crippen LogP contribution in [0.25, 0.3) is 0 Å². The first kappa shape index (κ1) is 15.3. The second kappa shape index (κ2) is 6.69. The van der Waals surface area contributed by atoms with Crippen molar-refractivity contribution in [1.82, 2.24) is 9.80 Å². The van der Waals surface area contributed by atoms with Crippen LogP contribution in [0, 0.1) is 0 Å². The van der Waals surface area contributed by atoms with Gasteiger partial charge in [0.05, 0.1) is 0 Å². The standard InChI is InChI=1S/C18H27N3O/c1-3-10-21-11-7-16(8-12-21)20(2)18(22)15-4-5-17-14(13-15)6-9-19-17/h4-5,13,16,19H,3,6-12H2,1-2H3. The van der Waals surface area contributed by atoms with Gasteiger partial charge in [0.25, 0.3) is 5.91 Å². The summed E-state index contributed by atoms with van der Waals surface area (Å²) in [5.41, 5.74) is 3.30. The van der Waals surface area contributed by atoms with Crippen LogP contribution >= 0.6 is 0 Å². The van der Waals surface area contributed by atoms with Crippen LogP contribution in [0.15, 0.2) is 18.2 Å². The van der Waals surface area contributed by atoms with Crippen molar-refractivity contribution in [3.63, 3.8) is 0 Å². The number of carbonyl (C=O) groups excluding carboxylic acids is 1. The van der Waals surface area contributed by atoms with E-state index < -0.39 is 0 Å². The highest BCUT2D eigenvalue weighted by molar-refractivity contribution is 5.95. The molecule has 0 unspecified atom stereocenters. The van der Waals surface area contributed by atoms with Crippen LogP contribution in [0.5, 0.6) is 0 Å². The predicted octanol–water partition coefficient (Wildman–Crippen LogP) is 2.60. The number of nitrogens with one attached hydrogen (secondary N) is 1. The number of carbonyl (C=O) groups is 1. The zero-order valence-corrected chi connectivity index (χ0v) is 13.8. The van der Waals surface area contributed by atoms with Gasteiger partial charge < -0.3 is 15.1 Å². The predicted molar refractivity (Wildman–Crippen MR) is 90.5 cm³/mol. The molecule has 0 spiro atoms. The molecule has 2 aliphatic heterocycles. The van der Waals surface area contributed by atoms with Gasteiger partial charge in [0.2, 0.25) is 0 Å². The lowest BCUT2D eigenvalue weighted by Gasteiger charge is -2.36. The summed E-state index contributed by atoms with van der Waals surface area (Å²) >= 11 is 0. The number of rotatable bonds is 4. The normalized spacial score (nSPS) is 18.8. The van der Waals surface area contributed by atoms with Gasteiger partial charge in [0.1, 0.15) is 0 Å². The summed E-state index contributed by atoms with van der Waals surface area (Å²) in [7, 11) is 1.97. The average Bonchev–Trinajstić information content (AvgIpc) is 3.02. The van der Waals surface area contributed by atoms with Crippen molar-refractivity contribution in [3.05, 3.63) is 29.3 Å². The van der Waals surface area contributed by atoms with E-state index in [0.29, 0.717) is 6.04 Å². The Balaban J connectivity index is 1.62. The molecule has 0 aromatic heterocycles. The fraction of sp³-hybridized carbons (Fsp3) is 0.611. The van der Waals surface area contributed by atoms with Crippen molar-refractivity contribution in [2.45, 2.75) is 38.6 Å². The van der Waals surface area contributed by atoms with E-state index in [1.165, 1.54) is 24.2 Å². The van der Waals surface area contributed by atoms with Crippen LogP contribution in [0.1, 0.15) is 42.1 Å². The van der Waals surface area contributed by atoms with Crippen LogP contribution in [0.3, 0.4) is 0 Å². The lowest BCUT2D eigenvalue weighted by Crippen LogP contribution is -2.45. The maximum Gasteiger partial charge on any atom is 0.253 e. The van der Waals surface area contributed by atoms with Gasteiger partial charge in [-0.2, -0.15) is 0 Å². The van der Waals surface area contributed by atoms with E-state index in [9.17, 15) is 4.79 Å². The third-order valence-corrected chi connectivity index (χ3v) is 5.03. The highest BCUT2D eigenvalue weighted by Crippen LogP contribution is 2.24. The van der Waals surface area contributed by atoms with Gasteiger partial charge in [-0.05, 0) is 56.0 Å². The van der Waals surface area contributed by atoms with Gasteiger partial charge >= 0.3 is 0 Å². The Bertz CT molecular complexity index is 535. The summed E-state index contributed by atoms with van der Waals surface area (Å²) in [4.78, 5) is 17.2. The molecule has 1 saturated heterocycles. The molecule has 1 aromatic carbocycles. The number of hydrogen-bond donors (Lipinski definition) is 1. The van der Waals surface area contributed by atoms with Crippen LogP contribution in [0.4, 0.5) is 5.69 Å². The second-order valence-electron chi connectivity index (χ2n) is 6.54. The average molecular weight is 301 g/mol. The maximum absolute atomic E-state index is 12.7. The third kappa shape index (κ3) is 3.12. The Labute approximate surface area is 133 Å². The molecule has 2 aliphatic rings. The smallest absolute Gasteiger partial charge is 0.253 e. The van der Waals surface area contributed by atoms with E-state index >= 15 is 0 Å². The van der Waals surface area contributed by atoms with Crippen molar-refractivity contribution in [3.8, 4) is 0 Å². The SMILES string of the molecule is CCCN1CCC(N(C)C(=O)c2ccc3c(c2)CCN3)CC1. The van der Waals surface area contributed by atoms with Crippen LogP contribution in [0.2, 0.25) is 0 Å². The lowest BCUT2D eigenvalue weighted by atomic mass is 10.0. The number of piperidine rings is 1. The molecule has 120 valence electrons. The first-order chi connectivity index (χ1) is 10.7. The highest BCUT2D eigenvalue weighted by atomic mass is 16.2. The molecule has 22 heavy (non-hydrogen) atoms. The molecule has 0 saturated carbocycles. The minimum absolute atomic E-state index is 0.170. The van der Waals surface area contributed by atoms with Gasteiger partial charge in [0, 0.05) is 44.0 Å². The molecule has 1 N–H and O–H groups in total. The Morgan fingerprint density at radius 3 is 2.86 bits per heavy atom. The van der Waals surface area contributed by atoms with E-state index in [2.05, 4.69) is 23.2 Å². The first-order valence-corrected chi connectivity index (χ1v) is 8.55. The summed E-state index contributed by atoms with van der Waals surface area (Å²) in [5.74, 6) is 0.170. The highest BCUT2D eigenvalue weighted by Gasteiger charge is 2.26. The molecule has 2 heterocycles. The van der Waals surface area contributed by atoms with Gasteiger partial charge in [-0.3, -0.25) is 4.79 Å². The zero-order chi connectivity index (χ0) is 15.5. The molecule has 1 fully saturated rings. The molecule has 4 heteroatoms. The third-order valence-electron chi connectivity index (χ3n) is 5.03. The van der Waals surface area contributed by atoms with E-state index in [-0.39, 0.29) is 5.91 Å². The molecule has 0 radical (unpaired) electrons. The number of amides is 1. The van der Waals surface area contributed by atoms with Gasteiger partial charge in [-0.15, -0.1) is 0 Å². The molecule has 4 nitrogen and oxygen atoms in total. The second-order valence-corrected chi connectivity index (χ2v) is 6.54. The molecule has 1 aromatic rings. The Kier molecular flexibility index (Phi) is 4.67. The molecular formula is C18H27N3O. The summed E-state index contributed by atoms with van der Waals surface area (Å²) in [5, 5.41) is 3.35. The quantitative estimate of drug-likeness (QED) is 0.928. The largest absolute Gasteiger partial charge is 0.384 e.